The van der Waals surface area contributed by atoms with Gasteiger partial charge in [0.15, 0.2) is 0 Å². The van der Waals surface area contributed by atoms with Gasteiger partial charge in [-0.25, -0.2) is 4.39 Å². The van der Waals surface area contributed by atoms with Crippen LogP contribution >= 0.6 is 31.9 Å². The molecule has 0 aliphatic heterocycles. The Kier molecular flexibility index (Phi) is 5.48. The van der Waals surface area contributed by atoms with E-state index in [9.17, 15) is 4.39 Å². The molecule has 2 nitrogen and oxygen atoms in total. The summed E-state index contributed by atoms with van der Waals surface area (Å²) in [7, 11) is 0. The van der Waals surface area contributed by atoms with Crippen LogP contribution in [-0.4, -0.2) is 11.5 Å². The molecule has 0 bridgehead atoms. The average molecular weight is 388 g/mol. The van der Waals surface area contributed by atoms with E-state index < -0.39 is 0 Å². The summed E-state index contributed by atoms with van der Waals surface area (Å²) in [5.41, 5.74) is 1.96. The molecule has 0 saturated heterocycles. The molecule has 0 saturated carbocycles. The lowest BCUT2D eigenvalue weighted by atomic mass is 10.1. The second-order valence-corrected chi connectivity index (χ2v) is 5.91. The zero-order chi connectivity index (χ0) is 13.7. The summed E-state index contributed by atoms with van der Waals surface area (Å²) in [5.74, 6) is -0.185. The van der Waals surface area contributed by atoms with Crippen molar-refractivity contribution in [1.29, 1.82) is 0 Å². The second kappa shape index (κ2) is 7.12. The van der Waals surface area contributed by atoms with E-state index >= 15 is 0 Å². The smallest absolute Gasteiger partial charge is 0.123 e. The highest BCUT2D eigenvalue weighted by Crippen LogP contribution is 2.19. The van der Waals surface area contributed by atoms with E-state index in [4.69, 9.17) is 0 Å². The molecule has 2 rings (SSSR count). The van der Waals surface area contributed by atoms with Crippen molar-refractivity contribution in [2.45, 2.75) is 13.0 Å². The van der Waals surface area contributed by atoms with Crippen molar-refractivity contribution >= 4 is 31.9 Å². The van der Waals surface area contributed by atoms with Crippen LogP contribution in [0.5, 0.6) is 0 Å². The maximum absolute atomic E-state index is 13.0. The standard InChI is InChI=1S/C14H13Br2FN2/c15-11-7-13(16)14(19-8-11)9-18-5-4-10-2-1-3-12(17)6-10/h1-3,6-8,18H,4-5,9H2. The predicted octanol–water partition coefficient (Wildman–Crippen LogP) is 4.08. The summed E-state index contributed by atoms with van der Waals surface area (Å²) >= 11 is 6.84. The van der Waals surface area contributed by atoms with Crippen LogP contribution in [0.3, 0.4) is 0 Å². The Bertz CT molecular complexity index is 561. The highest BCUT2D eigenvalue weighted by molar-refractivity contribution is 9.11. The van der Waals surface area contributed by atoms with Gasteiger partial charge < -0.3 is 5.32 Å². The molecule has 19 heavy (non-hydrogen) atoms. The van der Waals surface area contributed by atoms with Gasteiger partial charge in [0.1, 0.15) is 5.82 Å². The van der Waals surface area contributed by atoms with E-state index in [2.05, 4.69) is 42.2 Å². The molecule has 0 amide bonds. The largest absolute Gasteiger partial charge is 0.311 e. The van der Waals surface area contributed by atoms with Gasteiger partial charge in [-0.1, -0.05) is 12.1 Å². The van der Waals surface area contributed by atoms with Crippen LogP contribution in [0.2, 0.25) is 0 Å². The minimum Gasteiger partial charge on any atom is -0.311 e. The summed E-state index contributed by atoms with van der Waals surface area (Å²) in [4.78, 5) is 4.32. The number of nitrogens with one attached hydrogen (secondary N) is 1. The van der Waals surface area contributed by atoms with E-state index in [1.165, 1.54) is 6.07 Å². The van der Waals surface area contributed by atoms with Crippen molar-refractivity contribution in [1.82, 2.24) is 10.3 Å². The summed E-state index contributed by atoms with van der Waals surface area (Å²) in [6.45, 7) is 1.47. The van der Waals surface area contributed by atoms with Crippen molar-refractivity contribution in [3.05, 3.63) is 62.5 Å². The molecular formula is C14H13Br2FN2. The van der Waals surface area contributed by atoms with Gasteiger partial charge in [0, 0.05) is 21.7 Å². The molecule has 0 spiro atoms. The number of hydrogen-bond acceptors (Lipinski definition) is 2. The first kappa shape index (κ1) is 14.6. The van der Waals surface area contributed by atoms with Gasteiger partial charge in [-0.15, -0.1) is 0 Å². The molecule has 5 heteroatoms. The third kappa shape index (κ3) is 4.67. The zero-order valence-electron chi connectivity index (χ0n) is 10.2. The first-order valence-electron chi connectivity index (χ1n) is 5.90. The van der Waals surface area contributed by atoms with E-state index in [0.29, 0.717) is 6.54 Å². The number of benzene rings is 1. The van der Waals surface area contributed by atoms with Crippen molar-refractivity contribution in [3.63, 3.8) is 0 Å². The van der Waals surface area contributed by atoms with Crippen LogP contribution in [0.4, 0.5) is 4.39 Å². The van der Waals surface area contributed by atoms with Crippen LogP contribution in [0, 0.1) is 5.82 Å². The Labute approximate surface area is 128 Å². The van der Waals surface area contributed by atoms with E-state index in [1.54, 1.807) is 18.3 Å². The number of pyridine rings is 1. The lowest BCUT2D eigenvalue weighted by molar-refractivity contribution is 0.622. The molecule has 0 aliphatic rings. The summed E-state index contributed by atoms with van der Waals surface area (Å²) < 4.78 is 14.9. The molecule has 100 valence electrons. The summed E-state index contributed by atoms with van der Waals surface area (Å²) in [6.07, 6.45) is 2.57. The zero-order valence-corrected chi connectivity index (χ0v) is 13.3. The number of nitrogens with zero attached hydrogens (tertiary/aromatic N) is 1. The normalized spacial score (nSPS) is 10.7. The van der Waals surface area contributed by atoms with Crippen molar-refractivity contribution in [3.8, 4) is 0 Å². The molecule has 2 aromatic rings. The first-order chi connectivity index (χ1) is 9.15. The topological polar surface area (TPSA) is 24.9 Å². The first-order valence-corrected chi connectivity index (χ1v) is 7.49. The average Bonchev–Trinajstić information content (AvgIpc) is 2.37. The molecule has 1 aromatic heterocycles. The number of hydrogen-bond donors (Lipinski definition) is 1. The maximum Gasteiger partial charge on any atom is 0.123 e. The Balaban J connectivity index is 1.81. The van der Waals surface area contributed by atoms with Crippen molar-refractivity contribution < 1.29 is 4.39 Å². The van der Waals surface area contributed by atoms with Crippen LogP contribution in [-0.2, 0) is 13.0 Å². The Morgan fingerprint density at radius 2 is 2.05 bits per heavy atom. The highest BCUT2D eigenvalue weighted by atomic mass is 79.9. The molecule has 0 unspecified atom stereocenters. The minimum absolute atomic E-state index is 0.185. The molecule has 1 heterocycles. The number of aromatic nitrogens is 1. The minimum atomic E-state index is -0.185. The molecule has 1 aromatic carbocycles. The fourth-order valence-corrected chi connectivity index (χ4v) is 2.83. The highest BCUT2D eigenvalue weighted by Gasteiger charge is 2.02. The molecule has 0 aliphatic carbocycles. The number of halogens is 3. The SMILES string of the molecule is Fc1cccc(CCNCc2ncc(Br)cc2Br)c1. The van der Waals surface area contributed by atoms with Crippen molar-refractivity contribution in [2.75, 3.05) is 6.54 Å². The summed E-state index contributed by atoms with van der Waals surface area (Å²) in [5, 5.41) is 3.30. The quantitative estimate of drug-likeness (QED) is 0.782. The lowest BCUT2D eigenvalue weighted by Crippen LogP contribution is -2.17. The van der Waals surface area contributed by atoms with Crippen LogP contribution in [0.1, 0.15) is 11.3 Å². The van der Waals surface area contributed by atoms with E-state index in [-0.39, 0.29) is 5.82 Å². The Morgan fingerprint density at radius 3 is 2.79 bits per heavy atom. The Hall–Kier alpha value is -0.780. The second-order valence-electron chi connectivity index (χ2n) is 4.14. The van der Waals surface area contributed by atoms with Crippen molar-refractivity contribution in [2.24, 2.45) is 0 Å². The van der Waals surface area contributed by atoms with Gasteiger partial charge in [-0.05, 0) is 68.6 Å². The third-order valence-corrected chi connectivity index (χ3v) is 3.78. The van der Waals surface area contributed by atoms with Gasteiger partial charge >= 0.3 is 0 Å². The molecular weight excluding hydrogens is 375 g/mol. The van der Waals surface area contributed by atoms with Gasteiger partial charge in [-0.2, -0.15) is 0 Å². The van der Waals surface area contributed by atoms with Gasteiger partial charge in [-0.3, -0.25) is 4.98 Å². The predicted molar refractivity (Wildman–Crippen MR) is 81.4 cm³/mol. The van der Waals surface area contributed by atoms with Gasteiger partial charge in [0.25, 0.3) is 0 Å². The fourth-order valence-electron chi connectivity index (χ4n) is 1.70. The van der Waals surface area contributed by atoms with Crippen LogP contribution < -0.4 is 5.32 Å². The molecule has 0 fully saturated rings. The van der Waals surface area contributed by atoms with Crippen LogP contribution in [0.15, 0.2) is 45.5 Å². The third-order valence-electron chi connectivity index (χ3n) is 2.66. The van der Waals surface area contributed by atoms with E-state index in [0.717, 1.165) is 33.2 Å². The maximum atomic E-state index is 13.0. The number of rotatable bonds is 5. The molecule has 0 radical (unpaired) electrons. The van der Waals surface area contributed by atoms with Crippen LogP contribution in [0.25, 0.3) is 0 Å². The van der Waals surface area contributed by atoms with Gasteiger partial charge in [0.2, 0.25) is 0 Å². The molecule has 0 atom stereocenters. The monoisotopic (exact) mass is 386 g/mol. The Morgan fingerprint density at radius 1 is 1.21 bits per heavy atom. The van der Waals surface area contributed by atoms with E-state index in [1.807, 2.05) is 12.1 Å². The summed E-state index contributed by atoms with van der Waals surface area (Å²) in [6, 6.07) is 8.65. The molecule has 1 N–H and O–H groups in total. The van der Waals surface area contributed by atoms with Gasteiger partial charge in [0.05, 0.1) is 5.69 Å². The lowest BCUT2D eigenvalue weighted by Gasteiger charge is -2.06. The fraction of sp³-hybridized carbons (Fsp3) is 0.214.